The lowest BCUT2D eigenvalue weighted by Gasteiger charge is -2.07. The highest BCUT2D eigenvalue weighted by molar-refractivity contribution is 7.98. The average molecular weight is 299 g/mol. The van der Waals surface area contributed by atoms with Gasteiger partial charge in [0.1, 0.15) is 4.21 Å². The van der Waals surface area contributed by atoms with E-state index in [9.17, 15) is 8.42 Å². The second kappa shape index (κ2) is 5.34. The van der Waals surface area contributed by atoms with Crippen molar-refractivity contribution in [1.29, 1.82) is 0 Å². The molecule has 0 unspecified atom stereocenters. The van der Waals surface area contributed by atoms with Crippen LogP contribution in [0, 0.1) is 6.92 Å². The first-order valence-electron chi connectivity index (χ1n) is 5.24. The first-order chi connectivity index (χ1) is 8.51. The molecular weight excluding hydrogens is 286 g/mol. The van der Waals surface area contributed by atoms with Crippen molar-refractivity contribution in [1.82, 2.24) is 0 Å². The highest BCUT2D eigenvalue weighted by Crippen LogP contribution is 2.25. The lowest BCUT2D eigenvalue weighted by molar-refractivity contribution is 0.603. The van der Waals surface area contributed by atoms with E-state index in [1.165, 1.54) is 11.3 Å². The number of benzene rings is 1. The quantitative estimate of drug-likeness (QED) is 0.878. The molecule has 1 aromatic carbocycles. The summed E-state index contributed by atoms with van der Waals surface area (Å²) in [5, 5.41) is 0. The molecule has 0 bridgehead atoms. The monoisotopic (exact) mass is 299 g/mol. The van der Waals surface area contributed by atoms with Crippen LogP contribution in [0.4, 0.5) is 5.69 Å². The SMILES string of the molecule is CSc1cccc(NS(=O)(=O)c2ccc(C)s2)c1. The molecule has 0 radical (unpaired) electrons. The van der Waals surface area contributed by atoms with Gasteiger partial charge in [-0.15, -0.1) is 23.1 Å². The van der Waals surface area contributed by atoms with Gasteiger partial charge < -0.3 is 0 Å². The number of aryl methyl sites for hydroxylation is 1. The second-order valence-corrected chi connectivity index (χ2v) is 7.78. The van der Waals surface area contributed by atoms with Crippen LogP contribution in [-0.4, -0.2) is 14.7 Å². The minimum atomic E-state index is -3.46. The fraction of sp³-hybridized carbons (Fsp3) is 0.167. The van der Waals surface area contributed by atoms with Crippen molar-refractivity contribution < 1.29 is 8.42 Å². The first kappa shape index (κ1) is 13.5. The lowest BCUT2D eigenvalue weighted by Crippen LogP contribution is -2.11. The van der Waals surface area contributed by atoms with Crippen LogP contribution >= 0.6 is 23.1 Å². The molecule has 0 atom stereocenters. The minimum absolute atomic E-state index is 0.342. The van der Waals surface area contributed by atoms with Crippen molar-refractivity contribution >= 4 is 38.8 Å². The summed E-state index contributed by atoms with van der Waals surface area (Å²) in [6.45, 7) is 1.89. The summed E-state index contributed by atoms with van der Waals surface area (Å²) in [5.41, 5.74) is 0.591. The Labute approximate surface area is 115 Å². The normalized spacial score (nSPS) is 11.4. The summed E-state index contributed by atoms with van der Waals surface area (Å²) in [7, 11) is -3.46. The van der Waals surface area contributed by atoms with Gasteiger partial charge in [0.2, 0.25) is 0 Å². The fourth-order valence-corrected chi connectivity index (χ4v) is 4.24. The minimum Gasteiger partial charge on any atom is -0.279 e. The first-order valence-corrected chi connectivity index (χ1v) is 8.77. The third-order valence-corrected chi connectivity index (χ3v) is 5.90. The van der Waals surface area contributed by atoms with E-state index in [1.54, 1.807) is 30.0 Å². The van der Waals surface area contributed by atoms with Crippen LogP contribution in [0.5, 0.6) is 0 Å². The number of hydrogen-bond acceptors (Lipinski definition) is 4. The maximum Gasteiger partial charge on any atom is 0.271 e. The Bertz CT molecular complexity index is 647. The third kappa shape index (κ3) is 3.07. The van der Waals surface area contributed by atoms with Gasteiger partial charge in [0.05, 0.1) is 0 Å². The molecule has 3 nitrogen and oxygen atoms in total. The summed E-state index contributed by atoms with van der Waals surface area (Å²) >= 11 is 2.84. The molecular formula is C12H13NO2S3. The van der Waals surface area contributed by atoms with Gasteiger partial charge >= 0.3 is 0 Å². The molecule has 0 amide bonds. The fourth-order valence-electron chi connectivity index (χ4n) is 1.45. The number of sulfonamides is 1. The number of hydrogen-bond donors (Lipinski definition) is 1. The molecule has 2 aromatic rings. The molecule has 0 fully saturated rings. The van der Waals surface area contributed by atoms with Gasteiger partial charge in [-0.25, -0.2) is 8.42 Å². The third-order valence-electron chi connectivity index (χ3n) is 2.30. The zero-order valence-corrected chi connectivity index (χ0v) is 12.5. The van der Waals surface area contributed by atoms with Gasteiger partial charge in [0, 0.05) is 15.5 Å². The molecule has 0 aliphatic carbocycles. The van der Waals surface area contributed by atoms with Crippen molar-refractivity contribution in [2.75, 3.05) is 11.0 Å². The maximum absolute atomic E-state index is 12.1. The summed E-state index contributed by atoms with van der Waals surface area (Å²) in [6, 6.07) is 10.8. The van der Waals surface area contributed by atoms with E-state index in [0.29, 0.717) is 9.90 Å². The smallest absolute Gasteiger partial charge is 0.271 e. The standard InChI is InChI=1S/C12H13NO2S3/c1-9-6-7-12(17-9)18(14,15)13-10-4-3-5-11(8-10)16-2/h3-8,13H,1-2H3. The largest absolute Gasteiger partial charge is 0.279 e. The van der Waals surface area contributed by atoms with E-state index in [1.807, 2.05) is 31.4 Å². The molecule has 96 valence electrons. The molecule has 0 spiro atoms. The Balaban J connectivity index is 2.27. The Morgan fingerprint density at radius 3 is 2.61 bits per heavy atom. The molecule has 0 saturated heterocycles. The van der Waals surface area contributed by atoms with Crippen LogP contribution in [0.15, 0.2) is 45.5 Å². The van der Waals surface area contributed by atoms with E-state index in [4.69, 9.17) is 0 Å². The van der Waals surface area contributed by atoms with Crippen molar-refractivity contribution in [3.05, 3.63) is 41.3 Å². The number of thioether (sulfide) groups is 1. The molecule has 0 aliphatic heterocycles. The van der Waals surface area contributed by atoms with Crippen LogP contribution in [0.1, 0.15) is 4.88 Å². The maximum atomic E-state index is 12.1. The van der Waals surface area contributed by atoms with E-state index < -0.39 is 10.0 Å². The average Bonchev–Trinajstić information content (AvgIpc) is 2.76. The molecule has 1 aromatic heterocycles. The molecule has 6 heteroatoms. The number of thiophene rings is 1. The van der Waals surface area contributed by atoms with Crippen LogP contribution in [0.3, 0.4) is 0 Å². The zero-order valence-electron chi connectivity index (χ0n) is 10.0. The van der Waals surface area contributed by atoms with Gasteiger partial charge in [-0.1, -0.05) is 6.07 Å². The van der Waals surface area contributed by atoms with Crippen LogP contribution in [-0.2, 0) is 10.0 Å². The molecule has 18 heavy (non-hydrogen) atoms. The zero-order chi connectivity index (χ0) is 13.2. The molecule has 2 rings (SSSR count). The van der Waals surface area contributed by atoms with Gasteiger partial charge in [-0.2, -0.15) is 0 Å². The predicted molar refractivity (Wildman–Crippen MR) is 78.1 cm³/mol. The summed E-state index contributed by atoms with van der Waals surface area (Å²) in [6.07, 6.45) is 1.95. The number of nitrogens with one attached hydrogen (secondary N) is 1. The Morgan fingerprint density at radius 2 is 2.00 bits per heavy atom. The predicted octanol–water partition coefficient (Wildman–Crippen LogP) is 3.58. The van der Waals surface area contributed by atoms with Crippen molar-refractivity contribution in [2.24, 2.45) is 0 Å². The summed E-state index contributed by atoms with van der Waals surface area (Å²) < 4.78 is 27.1. The highest BCUT2D eigenvalue weighted by atomic mass is 32.2. The molecule has 0 aliphatic rings. The highest BCUT2D eigenvalue weighted by Gasteiger charge is 2.16. The van der Waals surface area contributed by atoms with E-state index in [-0.39, 0.29) is 0 Å². The van der Waals surface area contributed by atoms with Crippen molar-refractivity contribution in [3.8, 4) is 0 Å². The molecule has 1 N–H and O–H groups in total. The van der Waals surface area contributed by atoms with Crippen molar-refractivity contribution in [2.45, 2.75) is 16.0 Å². The van der Waals surface area contributed by atoms with E-state index in [2.05, 4.69) is 4.72 Å². The van der Waals surface area contributed by atoms with Gasteiger partial charge in [-0.05, 0) is 43.5 Å². The van der Waals surface area contributed by atoms with E-state index in [0.717, 1.165) is 9.77 Å². The van der Waals surface area contributed by atoms with Crippen LogP contribution in [0.25, 0.3) is 0 Å². The Morgan fingerprint density at radius 1 is 1.22 bits per heavy atom. The second-order valence-electron chi connectivity index (χ2n) is 3.70. The lowest BCUT2D eigenvalue weighted by atomic mass is 10.3. The van der Waals surface area contributed by atoms with E-state index >= 15 is 0 Å². The topological polar surface area (TPSA) is 46.2 Å². The molecule has 0 saturated carbocycles. The Kier molecular flexibility index (Phi) is 3.99. The summed E-state index contributed by atoms with van der Waals surface area (Å²) in [4.78, 5) is 2.01. The number of rotatable bonds is 4. The number of anilines is 1. The molecule has 1 heterocycles. The van der Waals surface area contributed by atoms with Crippen LogP contribution in [0.2, 0.25) is 0 Å². The summed E-state index contributed by atoms with van der Waals surface area (Å²) in [5.74, 6) is 0. The van der Waals surface area contributed by atoms with Gasteiger partial charge in [0.15, 0.2) is 0 Å². The Hall–Kier alpha value is -0.980. The van der Waals surface area contributed by atoms with Crippen LogP contribution < -0.4 is 4.72 Å². The van der Waals surface area contributed by atoms with Gasteiger partial charge in [0.25, 0.3) is 10.0 Å². The van der Waals surface area contributed by atoms with Crippen molar-refractivity contribution in [3.63, 3.8) is 0 Å². The van der Waals surface area contributed by atoms with Gasteiger partial charge in [-0.3, -0.25) is 4.72 Å².